The van der Waals surface area contributed by atoms with Crippen molar-refractivity contribution in [1.82, 2.24) is 64.1 Å². The van der Waals surface area contributed by atoms with Crippen LogP contribution in [0, 0.1) is 5.92 Å². The Balaban J connectivity index is 0.000000305. The predicted octanol–water partition coefficient (Wildman–Crippen LogP) is 0.824. The molecule has 1 N–H and O–H groups in total. The summed E-state index contributed by atoms with van der Waals surface area (Å²) in [7, 11) is 16.5. The highest BCUT2D eigenvalue weighted by molar-refractivity contribution is 5.89. The largest absolute Gasteiger partial charge is 0.350 e. The average Bonchev–Trinajstić information content (AvgIpc) is 3.51. The lowest BCUT2D eigenvalue weighted by molar-refractivity contribution is -0.135. The molecule has 0 aromatic rings. The van der Waals surface area contributed by atoms with Crippen LogP contribution in [0.5, 0.6) is 0 Å². The maximum Gasteiger partial charge on any atom is 0.246 e. The third-order valence-corrected chi connectivity index (χ3v) is 14.3. The summed E-state index contributed by atoms with van der Waals surface area (Å²) in [5.41, 5.74) is 0. The van der Waals surface area contributed by atoms with Gasteiger partial charge in [-0.15, -0.1) is 0 Å². The molecule has 3 atom stereocenters. The number of likely N-dealkylation sites (tertiary alicyclic amines) is 3. The second-order valence-corrected chi connectivity index (χ2v) is 20.7. The molecule has 7 aliphatic rings. The first-order valence-electron chi connectivity index (χ1n) is 26.5. The van der Waals surface area contributed by atoms with Crippen LogP contribution in [-0.2, 0) is 28.8 Å². The Morgan fingerprint density at radius 2 is 0.932 bits per heavy atom. The summed E-state index contributed by atoms with van der Waals surface area (Å²) < 4.78 is 0. The maximum atomic E-state index is 11.7. The molecule has 7 heterocycles. The standard InChI is InChI=1S/C11H21N3O.C9H14N2O.3C9H16N2O.C8H14N2O/c1-12(2)6-4-5-11(15)14-9-7-13(3)8-10-14;1-3-9(12)11-5-7-4-10(2)6-8(7)11;1-4-9(12)11-6-5-10(3)8(2)7-11;1-3-9(12)10-8-4-6-11(2)7-5-8;1-3-9(12)11-6-4-5-10(2)7-8-11;1-3-8(11)10-6-4-9(2)5-7-10/h4-5H,6-10H2,1-3H3;3,7-8H,1,4-6H2,2H3;4,8H,1,5-7H2,2-3H3;3,8H,1,4-7H2,2H3,(H,10,12);3H,1,4-8H2,2H3;3H,1,4-7H2,2H3/b5-4+;;;;;. The van der Waals surface area contributed by atoms with Crippen molar-refractivity contribution in [3.8, 4) is 0 Å². The van der Waals surface area contributed by atoms with Gasteiger partial charge in [-0.25, -0.2) is 0 Å². The molecule has 418 valence electrons. The maximum absolute atomic E-state index is 11.7. The molecule has 7 aliphatic heterocycles. The number of hydrogen-bond acceptors (Lipinski definition) is 13. The van der Waals surface area contributed by atoms with Gasteiger partial charge in [0.05, 0.1) is 6.04 Å². The van der Waals surface area contributed by atoms with E-state index in [2.05, 4.69) is 117 Å². The molecule has 0 bridgehead atoms. The van der Waals surface area contributed by atoms with E-state index in [-0.39, 0.29) is 35.4 Å². The minimum atomic E-state index is -0.0513. The van der Waals surface area contributed by atoms with Gasteiger partial charge >= 0.3 is 0 Å². The SMILES string of the molecule is C=CC(=O)N1CC2CN(C)CC21.C=CC(=O)N1CCCN(C)CC1.C=CC(=O)N1CCN(C)C(C)C1.C=CC(=O)N1CCN(C)CC1.C=CC(=O)NC1CCN(C)CC1.CN(C)C/C=C/C(=O)N1CCN(C)CC1. The van der Waals surface area contributed by atoms with Crippen LogP contribution in [0.3, 0.4) is 0 Å². The van der Waals surface area contributed by atoms with E-state index in [1.807, 2.05) is 49.6 Å². The number of carbonyl (C=O) groups excluding carboxylic acids is 6. The zero-order chi connectivity index (χ0) is 55.3. The molecular formula is C55H97N13O6. The summed E-state index contributed by atoms with van der Waals surface area (Å²) in [6.45, 7) is 39.1. The topological polar surface area (TPSA) is 153 Å². The molecule has 0 saturated carbocycles. The van der Waals surface area contributed by atoms with Gasteiger partial charge in [-0.05, 0) is 133 Å². The molecule has 0 spiro atoms. The zero-order valence-corrected chi connectivity index (χ0v) is 47.2. The highest BCUT2D eigenvalue weighted by Crippen LogP contribution is 2.31. The number of nitrogens with one attached hydrogen (secondary N) is 1. The van der Waals surface area contributed by atoms with Crippen LogP contribution in [0.4, 0.5) is 0 Å². The monoisotopic (exact) mass is 1040 g/mol. The zero-order valence-electron chi connectivity index (χ0n) is 47.2. The molecule has 0 aliphatic carbocycles. The van der Waals surface area contributed by atoms with Gasteiger partial charge in [0.25, 0.3) is 0 Å². The molecule has 0 radical (unpaired) electrons. The van der Waals surface area contributed by atoms with Crippen LogP contribution in [0.25, 0.3) is 0 Å². The van der Waals surface area contributed by atoms with Crippen molar-refractivity contribution in [1.29, 1.82) is 0 Å². The van der Waals surface area contributed by atoms with Gasteiger partial charge in [0.1, 0.15) is 0 Å². The highest BCUT2D eigenvalue weighted by Gasteiger charge is 2.45. The first-order chi connectivity index (χ1) is 35.2. The second-order valence-electron chi connectivity index (χ2n) is 20.7. The van der Waals surface area contributed by atoms with Crippen molar-refractivity contribution < 1.29 is 28.8 Å². The van der Waals surface area contributed by atoms with Crippen molar-refractivity contribution in [2.24, 2.45) is 5.92 Å². The number of carbonyl (C=O) groups is 6. The molecule has 6 amide bonds. The molecule has 7 fully saturated rings. The fourth-order valence-electron chi connectivity index (χ4n) is 9.06. The number of amides is 6. The Kier molecular flexibility index (Phi) is 31.0. The van der Waals surface area contributed by atoms with Crippen LogP contribution >= 0.6 is 0 Å². The van der Waals surface area contributed by atoms with Crippen LogP contribution in [0.1, 0.15) is 26.2 Å². The number of nitrogens with zero attached hydrogens (tertiary/aromatic N) is 12. The van der Waals surface area contributed by atoms with E-state index in [1.165, 1.54) is 30.4 Å². The molecular weight excluding hydrogens is 939 g/mol. The van der Waals surface area contributed by atoms with Gasteiger partial charge in [0.15, 0.2) is 0 Å². The quantitative estimate of drug-likeness (QED) is 0.325. The molecule has 19 nitrogen and oxygen atoms in total. The van der Waals surface area contributed by atoms with Crippen LogP contribution in [0.2, 0.25) is 0 Å². The van der Waals surface area contributed by atoms with E-state index in [9.17, 15) is 28.8 Å². The van der Waals surface area contributed by atoms with E-state index in [1.54, 1.807) is 6.08 Å². The molecule has 74 heavy (non-hydrogen) atoms. The van der Waals surface area contributed by atoms with Crippen molar-refractivity contribution >= 4 is 35.4 Å². The number of piperazine rings is 3. The second kappa shape index (κ2) is 35.3. The van der Waals surface area contributed by atoms with Gasteiger partial charge in [0.2, 0.25) is 35.4 Å². The highest BCUT2D eigenvalue weighted by atomic mass is 16.2. The summed E-state index contributed by atoms with van der Waals surface area (Å²) >= 11 is 0. The van der Waals surface area contributed by atoms with Crippen LogP contribution in [0.15, 0.2) is 75.4 Å². The van der Waals surface area contributed by atoms with Gasteiger partial charge in [-0.3, -0.25) is 28.8 Å². The van der Waals surface area contributed by atoms with Crippen molar-refractivity contribution in [3.05, 3.63) is 75.4 Å². The number of hydrogen-bond donors (Lipinski definition) is 1. The predicted molar refractivity (Wildman–Crippen MR) is 299 cm³/mol. The Bertz CT molecular complexity index is 1780. The average molecular weight is 1040 g/mol. The summed E-state index contributed by atoms with van der Waals surface area (Å²) in [4.78, 5) is 92.2. The smallest absolute Gasteiger partial charge is 0.246 e. The molecule has 7 rings (SSSR count). The summed E-state index contributed by atoms with van der Waals surface area (Å²) in [5, 5.41) is 2.91. The lowest BCUT2D eigenvalue weighted by Gasteiger charge is -2.43. The molecule has 7 saturated heterocycles. The van der Waals surface area contributed by atoms with Gasteiger partial charge < -0.3 is 64.1 Å². The van der Waals surface area contributed by atoms with Crippen molar-refractivity contribution in [3.63, 3.8) is 0 Å². The third kappa shape index (κ3) is 24.6. The van der Waals surface area contributed by atoms with Crippen LogP contribution in [-0.4, -0.2) is 306 Å². The van der Waals surface area contributed by atoms with E-state index in [4.69, 9.17) is 0 Å². The summed E-state index contributed by atoms with van der Waals surface area (Å²) in [6, 6.07) is 1.29. The van der Waals surface area contributed by atoms with E-state index in [0.29, 0.717) is 18.1 Å². The minimum Gasteiger partial charge on any atom is -0.350 e. The summed E-state index contributed by atoms with van der Waals surface area (Å²) in [6.07, 6.45) is 13.7. The van der Waals surface area contributed by atoms with Crippen LogP contribution < -0.4 is 5.32 Å². The first-order valence-corrected chi connectivity index (χ1v) is 26.5. The van der Waals surface area contributed by atoms with E-state index < -0.39 is 0 Å². The van der Waals surface area contributed by atoms with Crippen molar-refractivity contribution in [2.75, 3.05) is 194 Å². The fraction of sp³-hybridized carbons (Fsp3) is 0.673. The first kappa shape index (κ1) is 65.1. The Labute approximate surface area is 446 Å². The van der Waals surface area contributed by atoms with E-state index in [0.717, 1.165) is 163 Å². The Morgan fingerprint density at radius 3 is 1.39 bits per heavy atom. The lowest BCUT2D eigenvalue weighted by Crippen LogP contribution is -2.57. The number of likely N-dealkylation sites (N-methyl/N-ethyl adjacent to an activating group) is 6. The van der Waals surface area contributed by atoms with Gasteiger partial charge in [-0.1, -0.05) is 39.0 Å². The third-order valence-electron chi connectivity index (χ3n) is 14.3. The molecule has 0 aromatic heterocycles. The molecule has 19 heteroatoms. The van der Waals surface area contributed by atoms with Gasteiger partial charge in [-0.2, -0.15) is 0 Å². The number of piperidine rings is 1. The number of fused-ring (bicyclic) bond motifs is 1. The van der Waals surface area contributed by atoms with E-state index >= 15 is 0 Å². The summed E-state index contributed by atoms with van der Waals surface area (Å²) in [5.74, 6) is 1.07. The number of rotatable bonds is 9. The minimum absolute atomic E-state index is 0.0509. The van der Waals surface area contributed by atoms with Crippen molar-refractivity contribution in [2.45, 2.75) is 44.3 Å². The Morgan fingerprint density at radius 1 is 0.486 bits per heavy atom. The molecule has 3 unspecified atom stereocenters. The Hall–Kier alpha value is -5.02. The fourth-order valence-corrected chi connectivity index (χ4v) is 9.06. The molecule has 0 aromatic carbocycles. The lowest BCUT2D eigenvalue weighted by atomic mass is 9.92. The normalized spacial score (nSPS) is 23.1. The van der Waals surface area contributed by atoms with Gasteiger partial charge in [0, 0.05) is 142 Å².